The second-order valence-corrected chi connectivity index (χ2v) is 16.2. The van der Waals surface area contributed by atoms with Crippen molar-refractivity contribution in [3.05, 3.63) is 81.8 Å². The number of rotatable bonds is 1. The molecule has 1 fully saturated rings. The summed E-state index contributed by atoms with van der Waals surface area (Å²) in [5.41, 5.74) is 0.202. The van der Waals surface area contributed by atoms with E-state index in [0.29, 0.717) is 11.1 Å². The predicted molar refractivity (Wildman–Crippen MR) is 214 cm³/mol. The number of nitrogens with zero attached hydrogens (tertiary/aromatic N) is 1. The molecule has 4 aromatic rings. The van der Waals surface area contributed by atoms with E-state index in [0.717, 1.165) is 0 Å². The monoisotopic (exact) mass is 782 g/mol. The number of amides is 1. The molecule has 0 spiro atoms. The minimum Gasteiger partial charge on any atom is -0.505 e. The minimum atomic E-state index is -1.95. The van der Waals surface area contributed by atoms with Gasteiger partial charge in [-0.05, 0) is 45.9 Å². The van der Waals surface area contributed by atoms with Crippen LogP contribution in [0.3, 0.4) is 0 Å². The van der Waals surface area contributed by atoms with Crippen molar-refractivity contribution < 1.29 is 47.9 Å². The number of fused-ring (bicyclic) bond motifs is 10. The molecule has 9 atom stereocenters. The van der Waals surface area contributed by atoms with Crippen molar-refractivity contribution in [2.45, 2.75) is 98.3 Å². The summed E-state index contributed by atoms with van der Waals surface area (Å²) in [6, 6.07) is 6.88. The molecular formula is C44H50N2O11. The number of carbonyl (C=O) groups excluding carboxylic acids is 2. The van der Waals surface area contributed by atoms with Gasteiger partial charge in [0.25, 0.3) is 11.7 Å². The molecule has 0 aliphatic carbocycles. The highest BCUT2D eigenvalue weighted by Gasteiger charge is 2.50. The van der Waals surface area contributed by atoms with Gasteiger partial charge in [-0.3, -0.25) is 14.4 Å². The lowest BCUT2D eigenvalue weighted by Crippen LogP contribution is -2.56. The zero-order valence-electron chi connectivity index (χ0n) is 33.8. The lowest BCUT2D eigenvalue weighted by atomic mass is 9.77. The van der Waals surface area contributed by atoms with Gasteiger partial charge in [0.2, 0.25) is 0 Å². The van der Waals surface area contributed by atoms with Gasteiger partial charge in [-0.25, -0.2) is 4.98 Å². The number of ether oxygens (including phenoxy) is 5. The van der Waals surface area contributed by atoms with Gasteiger partial charge in [-0.1, -0.05) is 58.1 Å². The van der Waals surface area contributed by atoms with Crippen molar-refractivity contribution in [3.8, 4) is 11.5 Å². The first-order valence-corrected chi connectivity index (χ1v) is 19.2. The largest absolute Gasteiger partial charge is 0.505 e. The number of benzene rings is 3. The number of ketones is 1. The van der Waals surface area contributed by atoms with Crippen LogP contribution in [-0.2, 0) is 23.7 Å². The second-order valence-electron chi connectivity index (χ2n) is 16.2. The molecule has 5 heterocycles. The number of Topliss-reactive ketones (excluding diaryl/α,β-unsaturated/α-hetero) is 1. The van der Waals surface area contributed by atoms with E-state index in [9.17, 15) is 24.6 Å². The van der Waals surface area contributed by atoms with Crippen LogP contribution in [-0.4, -0.2) is 70.0 Å². The van der Waals surface area contributed by atoms with E-state index in [1.807, 2.05) is 47.6 Å². The highest BCUT2D eigenvalue weighted by atomic mass is 16.7. The fourth-order valence-electron chi connectivity index (χ4n) is 8.45. The van der Waals surface area contributed by atoms with Crippen LogP contribution >= 0.6 is 0 Å². The SMILES string of the molecule is CO[C@H]1/C=C/O[C@@]2(C)Oc3c(C)c(=O)c4c(O)c(c5oc6ccccc6nc5c4c3C2=O)NC(=O)/C(C)=C\C=C\[C@H](C)[C@@H]2OC(C)(C)O[C@@H]([C@@H](C)[C@H](O)[C@@H]1C)[C@@H]2C. The molecule has 0 radical (unpaired) electrons. The average molecular weight is 783 g/mol. The Morgan fingerprint density at radius 3 is 2.33 bits per heavy atom. The first-order chi connectivity index (χ1) is 26.9. The number of para-hydroxylation sites is 2. The van der Waals surface area contributed by atoms with Crippen LogP contribution in [0.15, 0.2) is 69.6 Å². The van der Waals surface area contributed by atoms with Crippen molar-refractivity contribution in [2.75, 3.05) is 12.4 Å². The Hall–Kier alpha value is -5.08. The number of aromatic hydroxyl groups is 1. The van der Waals surface area contributed by atoms with Crippen molar-refractivity contribution in [1.29, 1.82) is 0 Å². The topological polar surface area (TPSA) is 176 Å². The van der Waals surface area contributed by atoms with Crippen molar-refractivity contribution >= 4 is 50.3 Å². The van der Waals surface area contributed by atoms with Crippen LogP contribution in [0.4, 0.5) is 5.69 Å². The van der Waals surface area contributed by atoms with Gasteiger partial charge in [0, 0.05) is 54.2 Å². The number of aliphatic hydroxyl groups is 1. The first-order valence-electron chi connectivity index (χ1n) is 19.2. The Balaban J connectivity index is 1.43. The molecule has 8 rings (SSSR count). The number of anilines is 1. The molecule has 4 aliphatic heterocycles. The normalized spacial score (nSPS) is 32.8. The highest BCUT2D eigenvalue weighted by Crippen LogP contribution is 2.48. The standard InChI is InChI=1S/C44H50N2O11/c1-20-14-13-15-21(2)42(51)46-33-36(49)30-29(32-40(33)54-28-17-12-11-16-26(28)45-32)31-39(24(5)35(30)48)57-44(9,41(31)50)53-19-18-27(52-10)22(3)34(47)23(4)38-25(6)37(20)55-43(7,8)56-38/h11-20,22-23,25,27,34,37-38,47,49H,1-10H3,(H,46,51)/b14-13+,19-18+,21-15-/t20-,22+,23-,25+,27-,34+,37-,38-,44-/m0/s1. The molecule has 4 aliphatic rings. The third-order valence-electron chi connectivity index (χ3n) is 11.7. The summed E-state index contributed by atoms with van der Waals surface area (Å²) in [4.78, 5) is 47.3. The van der Waals surface area contributed by atoms with E-state index in [2.05, 4.69) is 5.32 Å². The smallest absolute Gasteiger partial charge is 0.312 e. The molecule has 0 unspecified atom stereocenters. The predicted octanol–water partition coefficient (Wildman–Crippen LogP) is 7.23. The molecule has 3 aromatic carbocycles. The second kappa shape index (κ2) is 14.7. The van der Waals surface area contributed by atoms with Crippen LogP contribution < -0.4 is 15.5 Å². The number of methoxy groups -OCH3 is 1. The number of phenolic OH excluding ortho intramolecular Hbond substituents is 1. The Morgan fingerprint density at radius 1 is 0.912 bits per heavy atom. The van der Waals surface area contributed by atoms with Crippen LogP contribution in [0.5, 0.6) is 11.5 Å². The highest BCUT2D eigenvalue weighted by molar-refractivity contribution is 6.26. The number of hydrogen-bond donors (Lipinski definition) is 3. The number of hydrogen-bond acceptors (Lipinski definition) is 12. The van der Waals surface area contributed by atoms with Gasteiger partial charge in [0.1, 0.15) is 22.5 Å². The third-order valence-corrected chi connectivity index (χ3v) is 11.7. The van der Waals surface area contributed by atoms with Gasteiger partial charge in [-0.2, -0.15) is 0 Å². The van der Waals surface area contributed by atoms with Gasteiger partial charge >= 0.3 is 5.79 Å². The van der Waals surface area contributed by atoms with E-state index >= 15 is 0 Å². The molecule has 7 bridgehead atoms. The van der Waals surface area contributed by atoms with E-state index < -0.39 is 58.7 Å². The summed E-state index contributed by atoms with van der Waals surface area (Å²) in [5.74, 6) is -5.84. The van der Waals surface area contributed by atoms with Gasteiger partial charge in [-0.15, -0.1) is 0 Å². The fourth-order valence-corrected chi connectivity index (χ4v) is 8.45. The van der Waals surface area contributed by atoms with Crippen molar-refractivity contribution in [2.24, 2.45) is 23.7 Å². The molecular weight excluding hydrogens is 732 g/mol. The molecule has 0 saturated carbocycles. The minimum absolute atomic E-state index is 0.00607. The van der Waals surface area contributed by atoms with Gasteiger partial charge in [0.05, 0.1) is 41.6 Å². The maximum absolute atomic E-state index is 14.5. The van der Waals surface area contributed by atoms with Crippen LogP contribution in [0, 0.1) is 30.6 Å². The lowest BCUT2D eigenvalue weighted by Gasteiger charge is -2.49. The zero-order valence-corrected chi connectivity index (χ0v) is 33.8. The van der Waals surface area contributed by atoms with Crippen molar-refractivity contribution in [1.82, 2.24) is 4.98 Å². The molecule has 57 heavy (non-hydrogen) atoms. The number of allylic oxidation sites excluding steroid dienone is 2. The molecule has 13 heteroatoms. The molecule has 13 nitrogen and oxygen atoms in total. The van der Waals surface area contributed by atoms with Crippen LogP contribution in [0.2, 0.25) is 0 Å². The summed E-state index contributed by atoms with van der Waals surface area (Å²) in [5, 5.41) is 26.2. The Bertz CT molecular complexity index is 2450. The number of carbonyl (C=O) groups is 2. The van der Waals surface area contributed by atoms with Gasteiger partial charge < -0.3 is 43.6 Å². The van der Waals surface area contributed by atoms with Gasteiger partial charge in [0.15, 0.2) is 28.1 Å². The number of phenols is 1. The lowest BCUT2D eigenvalue weighted by molar-refractivity contribution is -0.336. The summed E-state index contributed by atoms with van der Waals surface area (Å²) in [6.45, 7) is 16.1. The van der Waals surface area contributed by atoms with E-state index in [4.69, 9.17) is 33.1 Å². The molecule has 1 amide bonds. The van der Waals surface area contributed by atoms with E-state index in [1.165, 1.54) is 27.2 Å². The molecule has 302 valence electrons. The maximum atomic E-state index is 14.5. The van der Waals surface area contributed by atoms with Crippen molar-refractivity contribution in [3.63, 3.8) is 0 Å². The van der Waals surface area contributed by atoms with E-state index in [-0.39, 0.29) is 73.9 Å². The Labute approximate surface area is 330 Å². The zero-order chi connectivity index (χ0) is 41.3. The number of aliphatic hydroxyl groups excluding tert-OH is 1. The molecule has 1 aromatic heterocycles. The van der Waals surface area contributed by atoms with E-state index in [1.54, 1.807) is 49.4 Å². The van der Waals surface area contributed by atoms with Crippen LogP contribution in [0.25, 0.3) is 33.0 Å². The molecule has 1 saturated heterocycles. The average Bonchev–Trinajstić information content (AvgIpc) is 3.44. The first kappa shape index (κ1) is 40.1. The fraction of sp³-hybridized carbons (Fsp3) is 0.455. The summed E-state index contributed by atoms with van der Waals surface area (Å²) < 4.78 is 37.3. The summed E-state index contributed by atoms with van der Waals surface area (Å²) >= 11 is 0. The van der Waals surface area contributed by atoms with Crippen LogP contribution in [0.1, 0.15) is 71.3 Å². The Morgan fingerprint density at radius 2 is 1.61 bits per heavy atom. The third kappa shape index (κ3) is 6.79. The summed E-state index contributed by atoms with van der Waals surface area (Å²) in [7, 11) is 1.52. The number of nitrogens with one attached hydrogen (secondary N) is 1. The number of aromatic nitrogens is 1. The maximum Gasteiger partial charge on any atom is 0.312 e. The Kier molecular flexibility index (Phi) is 10.3. The summed E-state index contributed by atoms with van der Waals surface area (Å²) in [6.07, 6.45) is 6.00. The molecule has 3 N–H and O–H groups in total. The quantitative estimate of drug-likeness (QED) is 0.101.